The maximum atomic E-state index is 13.0. The van der Waals surface area contributed by atoms with Crippen molar-refractivity contribution < 1.29 is 26.4 Å². The van der Waals surface area contributed by atoms with Crippen molar-refractivity contribution in [2.24, 2.45) is 0 Å². The van der Waals surface area contributed by atoms with E-state index in [4.69, 9.17) is 11.6 Å². The zero-order valence-electron chi connectivity index (χ0n) is 13.7. The molecule has 1 aliphatic heterocycles. The fourth-order valence-corrected chi connectivity index (χ4v) is 4.23. The van der Waals surface area contributed by atoms with Crippen LogP contribution in [-0.4, -0.2) is 26.1 Å². The number of rotatable bonds is 3. The second kappa shape index (κ2) is 7.01. The summed E-state index contributed by atoms with van der Waals surface area (Å²) in [5, 5.41) is 1.30. The minimum atomic E-state index is -4.60. The molecule has 0 N–H and O–H groups in total. The molecular weight excluding hydrogens is 403 g/mol. The lowest BCUT2D eigenvalue weighted by atomic mass is 10.1. The van der Waals surface area contributed by atoms with Gasteiger partial charge in [0.2, 0.25) is 0 Å². The van der Waals surface area contributed by atoms with Gasteiger partial charge in [0.15, 0.2) is 9.84 Å². The topological polar surface area (TPSA) is 54.5 Å². The van der Waals surface area contributed by atoms with E-state index in [-0.39, 0.29) is 17.0 Å². The van der Waals surface area contributed by atoms with Crippen molar-refractivity contribution in [2.45, 2.75) is 12.2 Å². The number of anilines is 1. The summed E-state index contributed by atoms with van der Waals surface area (Å²) in [4.78, 5) is 14.2. The van der Waals surface area contributed by atoms with Gasteiger partial charge in [0.25, 0.3) is 5.91 Å². The molecule has 27 heavy (non-hydrogen) atoms. The van der Waals surface area contributed by atoms with Crippen LogP contribution in [0.4, 0.5) is 18.9 Å². The molecule has 1 amide bonds. The molecule has 1 heterocycles. The lowest BCUT2D eigenvalue weighted by molar-refractivity contribution is -0.137. The van der Waals surface area contributed by atoms with Crippen molar-refractivity contribution in [1.82, 2.24) is 0 Å². The minimum absolute atomic E-state index is 0.206. The molecule has 0 bridgehead atoms. The second-order valence-electron chi connectivity index (χ2n) is 5.96. The third kappa shape index (κ3) is 4.33. The minimum Gasteiger partial charge on any atom is -0.300 e. The molecule has 4 nitrogen and oxygen atoms in total. The van der Waals surface area contributed by atoms with Crippen LogP contribution >= 0.6 is 11.6 Å². The highest BCUT2D eigenvalue weighted by atomic mass is 35.5. The Morgan fingerprint density at radius 1 is 1.11 bits per heavy atom. The largest absolute Gasteiger partial charge is 0.416 e. The summed E-state index contributed by atoms with van der Waals surface area (Å²) in [6.45, 7) is 0. The van der Waals surface area contributed by atoms with E-state index in [2.05, 4.69) is 0 Å². The highest BCUT2D eigenvalue weighted by Crippen LogP contribution is 2.31. The van der Waals surface area contributed by atoms with E-state index in [9.17, 15) is 26.4 Å². The lowest BCUT2D eigenvalue weighted by Crippen LogP contribution is -2.41. The van der Waals surface area contributed by atoms with Crippen LogP contribution in [-0.2, 0) is 16.0 Å². The number of hydrogen-bond donors (Lipinski definition) is 0. The molecule has 142 valence electrons. The van der Waals surface area contributed by atoms with Gasteiger partial charge in [-0.15, -0.1) is 0 Å². The molecule has 0 aliphatic carbocycles. The van der Waals surface area contributed by atoms with Crippen molar-refractivity contribution in [3.05, 3.63) is 76.2 Å². The van der Waals surface area contributed by atoms with Crippen LogP contribution in [0, 0.1) is 0 Å². The Bertz CT molecular complexity index is 1020. The number of carbonyl (C=O) groups is 1. The van der Waals surface area contributed by atoms with E-state index in [0.29, 0.717) is 5.02 Å². The number of carbonyl (C=O) groups excluding carboxylic acids is 1. The van der Waals surface area contributed by atoms with Crippen LogP contribution < -0.4 is 4.90 Å². The first kappa shape index (κ1) is 19.4. The summed E-state index contributed by atoms with van der Waals surface area (Å²) in [6.07, 6.45) is -3.27. The quantitative estimate of drug-likeness (QED) is 0.750. The molecule has 0 saturated carbocycles. The van der Waals surface area contributed by atoms with E-state index < -0.39 is 33.5 Å². The highest BCUT2D eigenvalue weighted by molar-refractivity contribution is 7.94. The Hall–Kier alpha value is -2.32. The molecule has 1 atom stereocenters. The molecule has 0 fully saturated rings. The SMILES string of the molecule is O=C(c1cccc(C(F)(F)F)c1)N(c1cccc(Cl)c1)C1C=CS(=O)(=O)C1. The third-order valence-electron chi connectivity index (χ3n) is 3.98. The van der Waals surface area contributed by atoms with Crippen molar-refractivity contribution in [1.29, 1.82) is 0 Å². The van der Waals surface area contributed by atoms with Crippen LogP contribution in [0.1, 0.15) is 15.9 Å². The van der Waals surface area contributed by atoms with Gasteiger partial charge in [-0.3, -0.25) is 4.79 Å². The Balaban J connectivity index is 2.06. The molecular formula is C18H13ClF3NO3S. The maximum Gasteiger partial charge on any atom is 0.416 e. The zero-order chi connectivity index (χ0) is 19.8. The predicted octanol–water partition coefficient (Wildman–Crippen LogP) is 4.32. The summed E-state index contributed by atoms with van der Waals surface area (Å²) >= 11 is 5.96. The molecule has 0 radical (unpaired) electrons. The summed E-state index contributed by atoms with van der Waals surface area (Å²) in [6, 6.07) is 9.26. The molecule has 9 heteroatoms. The van der Waals surface area contributed by atoms with E-state index >= 15 is 0 Å². The molecule has 1 unspecified atom stereocenters. The first-order chi connectivity index (χ1) is 12.6. The Labute approximate surface area is 158 Å². The summed E-state index contributed by atoms with van der Waals surface area (Å²) in [5.41, 5.74) is -0.881. The maximum absolute atomic E-state index is 13.0. The molecule has 0 saturated heterocycles. The molecule has 0 aromatic heterocycles. The Kier molecular flexibility index (Phi) is 5.05. The highest BCUT2D eigenvalue weighted by Gasteiger charge is 2.34. The molecule has 2 aromatic carbocycles. The zero-order valence-corrected chi connectivity index (χ0v) is 15.2. The average molecular weight is 416 g/mol. The number of alkyl halides is 3. The Morgan fingerprint density at radius 3 is 2.41 bits per heavy atom. The fourth-order valence-electron chi connectivity index (χ4n) is 2.77. The summed E-state index contributed by atoms with van der Waals surface area (Å²) in [7, 11) is -3.49. The van der Waals surface area contributed by atoms with Crippen LogP contribution in [0.15, 0.2) is 60.0 Å². The van der Waals surface area contributed by atoms with Crippen LogP contribution in [0.5, 0.6) is 0 Å². The number of benzene rings is 2. The van der Waals surface area contributed by atoms with Crippen molar-refractivity contribution >= 4 is 33.0 Å². The smallest absolute Gasteiger partial charge is 0.300 e. The molecule has 1 aliphatic rings. The lowest BCUT2D eigenvalue weighted by Gasteiger charge is -2.28. The van der Waals surface area contributed by atoms with Crippen LogP contribution in [0.3, 0.4) is 0 Å². The summed E-state index contributed by atoms with van der Waals surface area (Å²) in [5.74, 6) is -1.11. The first-order valence-electron chi connectivity index (χ1n) is 7.74. The summed E-state index contributed by atoms with van der Waals surface area (Å²) < 4.78 is 62.5. The van der Waals surface area contributed by atoms with E-state index in [0.717, 1.165) is 28.5 Å². The fraction of sp³-hybridized carbons (Fsp3) is 0.167. The van der Waals surface area contributed by atoms with Gasteiger partial charge >= 0.3 is 6.18 Å². The van der Waals surface area contributed by atoms with Gasteiger partial charge in [0.1, 0.15) is 0 Å². The number of sulfone groups is 1. The predicted molar refractivity (Wildman–Crippen MR) is 96.4 cm³/mol. The monoisotopic (exact) mass is 415 g/mol. The van der Waals surface area contributed by atoms with E-state index in [1.54, 1.807) is 12.1 Å². The standard InChI is InChI=1S/C18H13ClF3NO3S/c19-14-5-2-6-15(10-14)23(16-7-8-27(25,26)11-16)17(24)12-3-1-4-13(9-12)18(20,21)22/h1-10,16H,11H2. The second-order valence-corrected chi connectivity index (χ2v) is 8.33. The van der Waals surface area contributed by atoms with E-state index in [1.807, 2.05) is 0 Å². The van der Waals surface area contributed by atoms with Gasteiger partial charge in [-0.05, 0) is 42.5 Å². The number of halogens is 4. The van der Waals surface area contributed by atoms with Crippen LogP contribution in [0.2, 0.25) is 5.02 Å². The number of amides is 1. The average Bonchev–Trinajstić information content (AvgIpc) is 2.94. The van der Waals surface area contributed by atoms with Gasteiger partial charge in [0.05, 0.1) is 17.4 Å². The molecule has 2 aromatic rings. The van der Waals surface area contributed by atoms with Crippen molar-refractivity contribution in [3.63, 3.8) is 0 Å². The van der Waals surface area contributed by atoms with Gasteiger partial charge < -0.3 is 4.90 Å². The number of hydrogen-bond acceptors (Lipinski definition) is 3. The van der Waals surface area contributed by atoms with Gasteiger partial charge in [0, 0.05) is 21.7 Å². The van der Waals surface area contributed by atoms with Crippen molar-refractivity contribution in [2.75, 3.05) is 10.7 Å². The van der Waals surface area contributed by atoms with Gasteiger partial charge in [-0.1, -0.05) is 23.7 Å². The normalized spacial score (nSPS) is 18.4. The van der Waals surface area contributed by atoms with Crippen LogP contribution in [0.25, 0.3) is 0 Å². The van der Waals surface area contributed by atoms with Crippen molar-refractivity contribution in [3.8, 4) is 0 Å². The van der Waals surface area contributed by atoms with Gasteiger partial charge in [-0.25, -0.2) is 8.42 Å². The number of nitrogens with zero attached hydrogens (tertiary/aromatic N) is 1. The first-order valence-corrected chi connectivity index (χ1v) is 9.83. The van der Waals surface area contributed by atoms with E-state index in [1.165, 1.54) is 24.3 Å². The van der Waals surface area contributed by atoms with Gasteiger partial charge in [-0.2, -0.15) is 13.2 Å². The Morgan fingerprint density at radius 2 is 1.81 bits per heavy atom. The molecule has 0 spiro atoms. The third-order valence-corrected chi connectivity index (χ3v) is 5.60. The molecule has 3 rings (SSSR count).